The summed E-state index contributed by atoms with van der Waals surface area (Å²) in [6.07, 6.45) is 0.383. The molecule has 2 heterocycles. The summed E-state index contributed by atoms with van der Waals surface area (Å²) in [6, 6.07) is 14.1. The van der Waals surface area contributed by atoms with Gasteiger partial charge in [0, 0.05) is 34.9 Å². The molecule has 36 heavy (non-hydrogen) atoms. The van der Waals surface area contributed by atoms with Crippen LogP contribution in [0.4, 0.5) is 13.9 Å². The number of aromatic nitrogens is 1. The SMILES string of the molecule is C[C@]1(C#N)CCOc2ccc(C(=O)NCC(=O)Nc3nc(-c4cccc([C@H]5CC5(F)F)c4)cs3)cc21. The standard InChI is InChI=1S/C26H22F2N4O3S/c1-25(14-29)7-8-35-21-6-5-17(10-18(21)25)23(34)30-12-22(33)32-24-31-20(13-36-24)16-4-2-3-15(9-16)19-11-26(19,27)28/h2-6,9-10,13,19H,7-8,11-12H2,1H3,(H,30,34)(H,31,32,33)/t19-,25-/m1/s1. The molecule has 1 saturated carbocycles. The number of alkyl halides is 2. The molecule has 10 heteroatoms. The maximum absolute atomic E-state index is 13.4. The van der Waals surface area contributed by atoms with Crippen LogP contribution in [0.1, 0.15) is 47.2 Å². The number of ether oxygens (including phenoxy) is 1. The molecular formula is C26H22F2N4O3S. The summed E-state index contributed by atoms with van der Waals surface area (Å²) in [7, 11) is 0. The maximum Gasteiger partial charge on any atom is 0.255 e. The summed E-state index contributed by atoms with van der Waals surface area (Å²) >= 11 is 1.20. The van der Waals surface area contributed by atoms with Crippen LogP contribution in [-0.4, -0.2) is 35.9 Å². The van der Waals surface area contributed by atoms with Crippen LogP contribution in [0.25, 0.3) is 11.3 Å². The zero-order chi connectivity index (χ0) is 25.5. The van der Waals surface area contributed by atoms with E-state index in [9.17, 15) is 23.6 Å². The van der Waals surface area contributed by atoms with Crippen molar-refractivity contribution in [1.82, 2.24) is 10.3 Å². The lowest BCUT2D eigenvalue weighted by atomic mass is 9.78. The molecule has 0 radical (unpaired) electrons. The number of nitrogens with one attached hydrogen (secondary N) is 2. The van der Waals surface area contributed by atoms with Gasteiger partial charge in [-0.25, -0.2) is 13.8 Å². The van der Waals surface area contributed by atoms with Crippen molar-refractivity contribution in [3.05, 3.63) is 64.5 Å². The largest absolute Gasteiger partial charge is 0.493 e. The average molecular weight is 509 g/mol. The van der Waals surface area contributed by atoms with Crippen molar-refractivity contribution in [3.8, 4) is 23.1 Å². The predicted octanol–water partition coefficient (Wildman–Crippen LogP) is 4.86. The fourth-order valence-electron chi connectivity index (χ4n) is 4.22. The molecule has 2 aromatic carbocycles. The van der Waals surface area contributed by atoms with Gasteiger partial charge < -0.3 is 15.4 Å². The quantitative estimate of drug-likeness (QED) is 0.495. The fourth-order valence-corrected chi connectivity index (χ4v) is 4.96. The third-order valence-electron chi connectivity index (χ3n) is 6.51. The zero-order valence-electron chi connectivity index (χ0n) is 19.3. The zero-order valence-corrected chi connectivity index (χ0v) is 20.1. The molecule has 0 bridgehead atoms. The van der Waals surface area contributed by atoms with Gasteiger partial charge in [-0.1, -0.05) is 18.2 Å². The molecule has 0 unspecified atom stereocenters. The molecule has 5 rings (SSSR count). The molecule has 184 valence electrons. The lowest BCUT2D eigenvalue weighted by Crippen LogP contribution is -2.33. The van der Waals surface area contributed by atoms with Gasteiger partial charge in [0.1, 0.15) is 5.75 Å². The number of fused-ring (bicyclic) bond motifs is 1. The van der Waals surface area contributed by atoms with E-state index >= 15 is 0 Å². The van der Waals surface area contributed by atoms with Gasteiger partial charge in [0.25, 0.3) is 11.8 Å². The van der Waals surface area contributed by atoms with Crippen LogP contribution in [0.2, 0.25) is 0 Å². The smallest absolute Gasteiger partial charge is 0.255 e. The van der Waals surface area contributed by atoms with Crippen molar-refractivity contribution in [1.29, 1.82) is 5.26 Å². The van der Waals surface area contributed by atoms with Gasteiger partial charge in [0.15, 0.2) is 5.13 Å². The Labute approximate surface area is 210 Å². The summed E-state index contributed by atoms with van der Waals surface area (Å²) in [5.74, 6) is -3.73. The lowest BCUT2D eigenvalue weighted by Gasteiger charge is -2.30. The number of anilines is 1. The molecule has 0 spiro atoms. The highest BCUT2D eigenvalue weighted by Gasteiger charge is 2.57. The van der Waals surface area contributed by atoms with Crippen molar-refractivity contribution in [3.63, 3.8) is 0 Å². The van der Waals surface area contributed by atoms with Crippen LogP contribution in [0.3, 0.4) is 0 Å². The second-order valence-electron chi connectivity index (χ2n) is 9.17. The highest BCUT2D eigenvalue weighted by atomic mass is 32.1. The van der Waals surface area contributed by atoms with E-state index in [0.29, 0.717) is 51.9 Å². The summed E-state index contributed by atoms with van der Waals surface area (Å²) < 4.78 is 32.4. The highest BCUT2D eigenvalue weighted by Crippen LogP contribution is 2.56. The van der Waals surface area contributed by atoms with E-state index in [4.69, 9.17) is 4.74 Å². The van der Waals surface area contributed by atoms with Gasteiger partial charge in [-0.2, -0.15) is 5.26 Å². The Morgan fingerprint density at radius 2 is 2.08 bits per heavy atom. The van der Waals surface area contributed by atoms with E-state index in [1.807, 2.05) is 6.92 Å². The lowest BCUT2D eigenvalue weighted by molar-refractivity contribution is -0.115. The minimum absolute atomic E-state index is 0.141. The number of nitriles is 1. The van der Waals surface area contributed by atoms with E-state index in [2.05, 4.69) is 21.7 Å². The Bertz CT molecular complexity index is 1400. The van der Waals surface area contributed by atoms with E-state index < -0.39 is 29.1 Å². The molecule has 1 aliphatic heterocycles. The number of carbonyl (C=O) groups excluding carboxylic acids is 2. The minimum Gasteiger partial charge on any atom is -0.493 e. The highest BCUT2D eigenvalue weighted by molar-refractivity contribution is 7.14. The number of amides is 2. The van der Waals surface area contributed by atoms with Crippen molar-refractivity contribution in [2.24, 2.45) is 0 Å². The van der Waals surface area contributed by atoms with Crippen molar-refractivity contribution in [2.75, 3.05) is 18.5 Å². The van der Waals surface area contributed by atoms with Gasteiger partial charge in [0.2, 0.25) is 5.91 Å². The monoisotopic (exact) mass is 508 g/mol. The molecule has 2 N–H and O–H groups in total. The fraction of sp³-hybridized carbons (Fsp3) is 0.308. The number of hydrogen-bond acceptors (Lipinski definition) is 6. The number of hydrogen-bond donors (Lipinski definition) is 2. The van der Waals surface area contributed by atoms with Gasteiger partial charge in [-0.05, 0) is 36.8 Å². The molecule has 2 aliphatic rings. The molecule has 1 aromatic heterocycles. The van der Waals surface area contributed by atoms with Crippen LogP contribution < -0.4 is 15.4 Å². The third kappa shape index (κ3) is 4.66. The third-order valence-corrected chi connectivity index (χ3v) is 7.27. The maximum atomic E-state index is 13.4. The first-order valence-corrected chi connectivity index (χ1v) is 12.3. The first kappa shape index (κ1) is 23.9. The second kappa shape index (κ2) is 8.99. The van der Waals surface area contributed by atoms with Crippen molar-refractivity contribution < 1.29 is 23.1 Å². The van der Waals surface area contributed by atoms with Crippen LogP contribution >= 0.6 is 11.3 Å². The Morgan fingerprint density at radius 1 is 1.28 bits per heavy atom. The summed E-state index contributed by atoms with van der Waals surface area (Å²) in [5.41, 5.74) is 2.07. The van der Waals surface area contributed by atoms with Gasteiger partial charge in [-0.15, -0.1) is 11.3 Å². The number of thiazole rings is 1. The van der Waals surface area contributed by atoms with Crippen molar-refractivity contribution in [2.45, 2.75) is 37.0 Å². The predicted molar refractivity (Wildman–Crippen MR) is 130 cm³/mol. The first-order chi connectivity index (χ1) is 17.2. The van der Waals surface area contributed by atoms with E-state index in [0.717, 1.165) is 0 Å². The molecular weight excluding hydrogens is 486 g/mol. The number of rotatable bonds is 6. The van der Waals surface area contributed by atoms with Gasteiger partial charge in [-0.3, -0.25) is 9.59 Å². The second-order valence-corrected chi connectivity index (χ2v) is 10.0. The normalized spacial score (nSPS) is 21.4. The molecule has 0 saturated heterocycles. The molecule has 7 nitrogen and oxygen atoms in total. The molecule has 1 fully saturated rings. The van der Waals surface area contributed by atoms with Crippen LogP contribution in [0, 0.1) is 11.3 Å². The average Bonchev–Trinajstić information content (AvgIpc) is 3.28. The van der Waals surface area contributed by atoms with Gasteiger partial charge in [0.05, 0.1) is 36.2 Å². The van der Waals surface area contributed by atoms with Crippen LogP contribution in [0.5, 0.6) is 5.75 Å². The topological polar surface area (TPSA) is 104 Å². The number of benzene rings is 2. The summed E-state index contributed by atoms with van der Waals surface area (Å²) in [4.78, 5) is 29.4. The molecule has 3 aromatic rings. The molecule has 1 aliphatic carbocycles. The Kier molecular flexibility index (Phi) is 5.96. The Hall–Kier alpha value is -3.84. The Morgan fingerprint density at radius 3 is 2.83 bits per heavy atom. The molecule has 2 amide bonds. The number of nitrogens with zero attached hydrogens (tertiary/aromatic N) is 2. The summed E-state index contributed by atoms with van der Waals surface area (Å²) in [5, 5.41) is 16.9. The first-order valence-electron chi connectivity index (χ1n) is 11.4. The van der Waals surface area contributed by atoms with E-state index in [-0.39, 0.29) is 13.0 Å². The Balaban J connectivity index is 1.19. The van der Waals surface area contributed by atoms with Crippen LogP contribution in [0.15, 0.2) is 47.8 Å². The van der Waals surface area contributed by atoms with E-state index in [1.165, 1.54) is 11.3 Å². The van der Waals surface area contributed by atoms with Gasteiger partial charge >= 0.3 is 0 Å². The minimum atomic E-state index is -2.65. The van der Waals surface area contributed by atoms with E-state index in [1.54, 1.807) is 47.8 Å². The number of carbonyl (C=O) groups is 2. The number of halogens is 2. The van der Waals surface area contributed by atoms with Crippen molar-refractivity contribution >= 4 is 28.3 Å². The molecule has 2 atom stereocenters. The summed E-state index contributed by atoms with van der Waals surface area (Å²) in [6.45, 7) is 1.97. The van der Waals surface area contributed by atoms with Crippen LogP contribution in [-0.2, 0) is 10.2 Å².